The number of hydroxylamine groups is 4. The van der Waals surface area contributed by atoms with E-state index in [4.69, 9.17) is 9.68 Å². The van der Waals surface area contributed by atoms with Gasteiger partial charge in [0, 0.05) is 42.8 Å². The van der Waals surface area contributed by atoms with Crippen LogP contribution in [0, 0.1) is 11.7 Å². The lowest BCUT2D eigenvalue weighted by atomic mass is 9.85. The van der Waals surface area contributed by atoms with Gasteiger partial charge in [-0.2, -0.15) is 4.94 Å². The van der Waals surface area contributed by atoms with Crippen LogP contribution in [-0.4, -0.2) is 56.7 Å². The molecule has 6 rings (SSSR count). The van der Waals surface area contributed by atoms with Crippen LogP contribution < -0.4 is 10.6 Å². The molecule has 2 aromatic heterocycles. The number of rotatable bonds is 7. The SMILES string of the molecule is CC(C)(C)OC(=O)N[C@@H](Cc1cccnc1)CN1ON2C(c3ccc(F)cc3)=C(c3ccncc3)C3CCC1NC32. The summed E-state index contributed by atoms with van der Waals surface area (Å²) in [6.07, 6.45) is 8.85. The van der Waals surface area contributed by atoms with E-state index in [0.717, 1.165) is 40.8 Å². The first kappa shape index (κ1) is 27.3. The Bertz CT molecular complexity index is 1400. The van der Waals surface area contributed by atoms with Gasteiger partial charge in [0.2, 0.25) is 0 Å². The first-order chi connectivity index (χ1) is 19.7. The van der Waals surface area contributed by atoms with Gasteiger partial charge in [-0.05, 0) is 99.2 Å². The Kier molecular flexibility index (Phi) is 7.46. The number of carbonyl (C=O) groups is 1. The lowest BCUT2D eigenvalue weighted by molar-refractivity contribution is -0.373. The van der Waals surface area contributed by atoms with Crippen LogP contribution in [0.2, 0.25) is 0 Å². The molecule has 1 aromatic carbocycles. The number of alkyl carbamates (subject to hydrolysis) is 1. The molecule has 5 heterocycles. The number of pyridine rings is 2. The molecule has 0 saturated carbocycles. The van der Waals surface area contributed by atoms with E-state index in [1.54, 1.807) is 36.9 Å². The fourth-order valence-corrected chi connectivity index (χ4v) is 5.94. The smallest absolute Gasteiger partial charge is 0.407 e. The van der Waals surface area contributed by atoms with Crippen molar-refractivity contribution in [2.24, 2.45) is 5.92 Å². The standard InChI is InChI=1S/C31H35FN6O3/c1-31(2,3)40-30(39)35-24(17-20-5-4-14-34-18-20)19-37-26-11-10-25-27(21-12-15-33-16-13-21)28(38(41-37)29(25)36-26)22-6-8-23(32)9-7-22/h4-9,12-16,18,24-26,29,36H,10-11,17,19H2,1-3H3,(H,35,39)/t24-,25?,26?,29?/m0/s1. The summed E-state index contributed by atoms with van der Waals surface area (Å²) in [7, 11) is 0. The summed E-state index contributed by atoms with van der Waals surface area (Å²) in [6, 6.07) is 14.1. The maximum atomic E-state index is 13.9. The fraction of sp³-hybridized carbons (Fsp3) is 0.387. The molecule has 0 aliphatic carbocycles. The molecule has 2 bridgehead atoms. The predicted octanol–water partition coefficient (Wildman–Crippen LogP) is 4.75. The van der Waals surface area contributed by atoms with Crippen molar-refractivity contribution in [1.29, 1.82) is 0 Å². The number of halogens is 1. The third-order valence-electron chi connectivity index (χ3n) is 7.57. The van der Waals surface area contributed by atoms with Crippen LogP contribution in [0.5, 0.6) is 0 Å². The molecule has 214 valence electrons. The zero-order chi connectivity index (χ0) is 28.6. The van der Waals surface area contributed by atoms with Gasteiger partial charge in [-0.1, -0.05) is 6.07 Å². The number of fused-ring (bicyclic) bond motifs is 1. The second-order valence-electron chi connectivity index (χ2n) is 11.7. The molecule has 3 aromatic rings. The van der Waals surface area contributed by atoms with Crippen LogP contribution in [0.3, 0.4) is 0 Å². The monoisotopic (exact) mass is 558 g/mol. The van der Waals surface area contributed by atoms with Gasteiger partial charge in [-0.15, -0.1) is 5.06 Å². The number of aromatic nitrogens is 2. The van der Waals surface area contributed by atoms with E-state index < -0.39 is 11.7 Å². The molecule has 3 aliphatic heterocycles. The Morgan fingerprint density at radius 1 is 1.10 bits per heavy atom. The number of nitrogens with zero attached hydrogens (tertiary/aromatic N) is 4. The van der Waals surface area contributed by atoms with Gasteiger partial charge in [0.25, 0.3) is 0 Å². The molecule has 0 radical (unpaired) electrons. The summed E-state index contributed by atoms with van der Waals surface area (Å²) in [5, 5.41) is 10.6. The van der Waals surface area contributed by atoms with Crippen molar-refractivity contribution in [3.8, 4) is 0 Å². The first-order valence-corrected chi connectivity index (χ1v) is 14.0. The predicted molar refractivity (Wildman–Crippen MR) is 152 cm³/mol. The van der Waals surface area contributed by atoms with Crippen molar-refractivity contribution in [2.75, 3.05) is 6.54 Å². The molecule has 0 spiro atoms. The number of hydrogen-bond acceptors (Lipinski definition) is 8. The van der Waals surface area contributed by atoms with Crippen molar-refractivity contribution in [3.05, 3.63) is 95.8 Å². The van der Waals surface area contributed by atoms with Crippen molar-refractivity contribution in [1.82, 2.24) is 30.7 Å². The van der Waals surface area contributed by atoms with Crippen molar-refractivity contribution >= 4 is 17.4 Å². The van der Waals surface area contributed by atoms with Gasteiger partial charge in [0.1, 0.15) is 17.6 Å². The fourth-order valence-electron chi connectivity index (χ4n) is 5.94. The topological polar surface area (TPSA) is 91.8 Å². The number of ether oxygens (including phenoxy) is 1. The summed E-state index contributed by atoms with van der Waals surface area (Å²) < 4.78 is 19.5. The molecule has 3 unspecified atom stereocenters. The van der Waals surface area contributed by atoms with Gasteiger partial charge in [-0.3, -0.25) is 15.3 Å². The van der Waals surface area contributed by atoms with Crippen molar-refractivity contribution in [2.45, 2.75) is 64.0 Å². The third kappa shape index (κ3) is 5.95. The first-order valence-electron chi connectivity index (χ1n) is 14.0. The number of benzene rings is 1. The molecular weight excluding hydrogens is 523 g/mol. The van der Waals surface area contributed by atoms with Crippen LogP contribution in [-0.2, 0) is 16.1 Å². The molecule has 2 N–H and O–H groups in total. The van der Waals surface area contributed by atoms with Crippen molar-refractivity contribution < 1.29 is 18.9 Å². The number of nitrogens with one attached hydrogen (secondary N) is 2. The molecular formula is C31H35FN6O3. The highest BCUT2D eigenvalue weighted by molar-refractivity contribution is 5.93. The molecule has 2 fully saturated rings. The minimum atomic E-state index is -0.620. The summed E-state index contributed by atoms with van der Waals surface area (Å²) in [6.45, 7) is 5.93. The maximum absolute atomic E-state index is 13.9. The van der Waals surface area contributed by atoms with E-state index in [2.05, 4.69) is 20.6 Å². The normalized spacial score (nSPS) is 22.9. The van der Waals surface area contributed by atoms with Gasteiger partial charge >= 0.3 is 6.09 Å². The molecule has 10 heteroatoms. The zero-order valence-electron chi connectivity index (χ0n) is 23.5. The largest absolute Gasteiger partial charge is 0.444 e. The van der Waals surface area contributed by atoms with Gasteiger partial charge in [0.05, 0.1) is 17.9 Å². The van der Waals surface area contributed by atoms with E-state index in [-0.39, 0.29) is 30.1 Å². The zero-order valence-corrected chi connectivity index (χ0v) is 23.5. The van der Waals surface area contributed by atoms with E-state index in [9.17, 15) is 9.18 Å². The number of carbonyl (C=O) groups excluding carboxylic acids is 1. The van der Waals surface area contributed by atoms with E-state index >= 15 is 0 Å². The van der Waals surface area contributed by atoms with Gasteiger partial charge in [-0.25, -0.2) is 14.2 Å². The van der Waals surface area contributed by atoms with Crippen LogP contribution in [0.15, 0.2) is 73.3 Å². The Morgan fingerprint density at radius 3 is 2.59 bits per heavy atom. The number of piperidine rings is 1. The third-order valence-corrected chi connectivity index (χ3v) is 7.57. The number of hydrogen-bond donors (Lipinski definition) is 2. The molecule has 41 heavy (non-hydrogen) atoms. The highest BCUT2D eigenvalue weighted by Crippen LogP contribution is 2.50. The minimum absolute atomic E-state index is 0.0457. The minimum Gasteiger partial charge on any atom is -0.444 e. The molecule has 1 amide bonds. The quantitative estimate of drug-likeness (QED) is 0.430. The lowest BCUT2D eigenvalue weighted by Crippen LogP contribution is -2.67. The van der Waals surface area contributed by atoms with Crippen LogP contribution in [0.4, 0.5) is 9.18 Å². The van der Waals surface area contributed by atoms with Crippen molar-refractivity contribution in [3.63, 3.8) is 0 Å². The maximum Gasteiger partial charge on any atom is 0.407 e. The van der Waals surface area contributed by atoms with Crippen LogP contribution in [0.1, 0.15) is 50.3 Å². The number of amides is 1. The van der Waals surface area contributed by atoms with Gasteiger partial charge < -0.3 is 10.1 Å². The lowest BCUT2D eigenvalue weighted by Gasteiger charge is -2.49. The van der Waals surface area contributed by atoms with Crippen LogP contribution in [0.25, 0.3) is 11.3 Å². The molecule has 4 atom stereocenters. The summed E-state index contributed by atoms with van der Waals surface area (Å²) >= 11 is 0. The Hall–Kier alpha value is -3.86. The summed E-state index contributed by atoms with van der Waals surface area (Å²) in [5.41, 5.74) is 4.35. The average molecular weight is 559 g/mol. The highest BCUT2D eigenvalue weighted by Gasteiger charge is 2.51. The Labute approximate surface area is 239 Å². The summed E-state index contributed by atoms with van der Waals surface area (Å²) in [5.74, 6) is -0.108. The Balaban J connectivity index is 1.31. The summed E-state index contributed by atoms with van der Waals surface area (Å²) in [4.78, 5) is 28.0. The average Bonchev–Trinajstić information content (AvgIpc) is 3.30. The highest BCUT2D eigenvalue weighted by atomic mass is 19.1. The van der Waals surface area contributed by atoms with Crippen LogP contribution >= 0.6 is 0 Å². The van der Waals surface area contributed by atoms with E-state index in [0.29, 0.717) is 13.0 Å². The molecule has 3 aliphatic rings. The molecule has 9 nitrogen and oxygen atoms in total. The molecule has 2 saturated heterocycles. The second-order valence-corrected chi connectivity index (χ2v) is 11.7. The Morgan fingerprint density at radius 2 is 1.88 bits per heavy atom. The van der Waals surface area contributed by atoms with E-state index in [1.165, 1.54) is 12.1 Å². The second kappa shape index (κ2) is 11.2. The van der Waals surface area contributed by atoms with E-state index in [1.807, 2.05) is 55.2 Å². The van der Waals surface area contributed by atoms with Gasteiger partial charge in [0.15, 0.2) is 0 Å².